The number of hydrogen-bond acceptors (Lipinski definition) is 3. The molecule has 1 fully saturated rings. The van der Waals surface area contributed by atoms with Gasteiger partial charge in [-0.1, -0.05) is 12.1 Å². The lowest BCUT2D eigenvalue weighted by molar-refractivity contribution is -0.151. The van der Waals surface area contributed by atoms with Crippen LogP contribution in [0.5, 0.6) is 0 Å². The molecule has 21 heavy (non-hydrogen) atoms. The molecular formula is C15H18FNO3S. The third-order valence-corrected chi connectivity index (χ3v) is 4.57. The summed E-state index contributed by atoms with van der Waals surface area (Å²) in [7, 11) is 0. The van der Waals surface area contributed by atoms with Crippen molar-refractivity contribution in [2.75, 3.05) is 12.3 Å². The highest BCUT2D eigenvalue weighted by Crippen LogP contribution is 2.23. The lowest BCUT2D eigenvalue weighted by Crippen LogP contribution is -2.48. The zero-order valence-electron chi connectivity index (χ0n) is 11.6. The number of carboxylic acids is 1. The maximum Gasteiger partial charge on any atom is 0.326 e. The Kier molecular flexibility index (Phi) is 5.61. The summed E-state index contributed by atoms with van der Waals surface area (Å²) in [5.74, 6) is -0.949. The predicted octanol–water partition coefficient (Wildman–Crippen LogP) is 2.77. The minimum Gasteiger partial charge on any atom is -0.480 e. The molecule has 114 valence electrons. The van der Waals surface area contributed by atoms with E-state index < -0.39 is 12.0 Å². The fourth-order valence-electron chi connectivity index (χ4n) is 2.44. The molecule has 4 nitrogen and oxygen atoms in total. The number of rotatable bonds is 5. The monoisotopic (exact) mass is 311 g/mol. The third-order valence-electron chi connectivity index (χ3n) is 3.52. The van der Waals surface area contributed by atoms with E-state index in [1.54, 1.807) is 18.2 Å². The van der Waals surface area contributed by atoms with Crippen LogP contribution >= 0.6 is 11.8 Å². The van der Waals surface area contributed by atoms with Gasteiger partial charge in [0.15, 0.2) is 0 Å². The largest absolute Gasteiger partial charge is 0.480 e. The first-order chi connectivity index (χ1) is 10.1. The first kappa shape index (κ1) is 15.8. The molecule has 1 atom stereocenters. The molecule has 1 amide bonds. The Labute approximate surface area is 127 Å². The van der Waals surface area contributed by atoms with Crippen molar-refractivity contribution in [1.29, 1.82) is 0 Å². The lowest BCUT2D eigenvalue weighted by Gasteiger charge is -2.33. The average Bonchev–Trinajstić information content (AvgIpc) is 2.49. The fourth-order valence-corrected chi connectivity index (χ4v) is 3.32. The molecule has 0 aliphatic carbocycles. The molecular weight excluding hydrogens is 293 g/mol. The summed E-state index contributed by atoms with van der Waals surface area (Å²) in [5.41, 5.74) is 0. The molecule has 1 aliphatic heterocycles. The highest BCUT2D eigenvalue weighted by Gasteiger charge is 2.31. The SMILES string of the molecule is O=C(O)C1CCCCN1C(=O)CCSc1ccccc1F. The average molecular weight is 311 g/mol. The maximum absolute atomic E-state index is 13.4. The van der Waals surface area contributed by atoms with Gasteiger partial charge >= 0.3 is 5.97 Å². The normalized spacial score (nSPS) is 18.5. The number of benzene rings is 1. The van der Waals surface area contributed by atoms with Crippen LogP contribution in [0.3, 0.4) is 0 Å². The van der Waals surface area contributed by atoms with E-state index in [1.165, 1.54) is 22.7 Å². The number of carbonyl (C=O) groups is 2. The smallest absolute Gasteiger partial charge is 0.326 e. The van der Waals surface area contributed by atoms with Crippen LogP contribution in [0.15, 0.2) is 29.2 Å². The van der Waals surface area contributed by atoms with Crippen LogP contribution in [-0.2, 0) is 9.59 Å². The van der Waals surface area contributed by atoms with Crippen LogP contribution in [-0.4, -0.2) is 40.2 Å². The molecule has 6 heteroatoms. The highest BCUT2D eigenvalue weighted by molar-refractivity contribution is 7.99. The quantitative estimate of drug-likeness (QED) is 0.850. The second-order valence-electron chi connectivity index (χ2n) is 4.97. The molecule has 0 aromatic heterocycles. The van der Waals surface area contributed by atoms with E-state index in [0.717, 1.165) is 12.8 Å². The van der Waals surface area contributed by atoms with Gasteiger partial charge in [0.1, 0.15) is 11.9 Å². The van der Waals surface area contributed by atoms with Crippen molar-refractivity contribution in [3.05, 3.63) is 30.1 Å². The van der Waals surface area contributed by atoms with Crippen molar-refractivity contribution in [1.82, 2.24) is 4.90 Å². The standard InChI is InChI=1S/C15H18FNO3S/c16-11-5-1-2-7-13(11)21-10-8-14(18)17-9-4-3-6-12(17)15(19)20/h1-2,5,7,12H,3-4,6,8-10H2,(H,19,20). The van der Waals surface area contributed by atoms with Crippen molar-refractivity contribution in [3.63, 3.8) is 0 Å². The Morgan fingerprint density at radius 3 is 2.81 bits per heavy atom. The Balaban J connectivity index is 1.86. The van der Waals surface area contributed by atoms with Gasteiger partial charge in [0, 0.05) is 23.6 Å². The van der Waals surface area contributed by atoms with E-state index in [2.05, 4.69) is 0 Å². The highest BCUT2D eigenvalue weighted by atomic mass is 32.2. The van der Waals surface area contributed by atoms with Gasteiger partial charge < -0.3 is 10.0 Å². The Morgan fingerprint density at radius 2 is 2.10 bits per heavy atom. The molecule has 1 saturated heterocycles. The Bertz CT molecular complexity index is 523. The molecule has 1 unspecified atom stereocenters. The second kappa shape index (κ2) is 7.45. The summed E-state index contributed by atoms with van der Waals surface area (Å²) in [6.07, 6.45) is 2.42. The number of carbonyl (C=O) groups excluding carboxylic acids is 1. The number of carboxylic acid groups (broad SMARTS) is 1. The second-order valence-corrected chi connectivity index (χ2v) is 6.10. The van der Waals surface area contributed by atoms with E-state index in [4.69, 9.17) is 5.11 Å². The summed E-state index contributed by atoms with van der Waals surface area (Å²) in [6, 6.07) is 5.72. The van der Waals surface area contributed by atoms with E-state index in [1.807, 2.05) is 0 Å². The van der Waals surface area contributed by atoms with Crippen LogP contribution in [0, 0.1) is 5.82 Å². The molecule has 1 aliphatic rings. The topological polar surface area (TPSA) is 57.6 Å². The van der Waals surface area contributed by atoms with Crippen LogP contribution in [0.4, 0.5) is 4.39 Å². The van der Waals surface area contributed by atoms with Gasteiger partial charge in [-0.2, -0.15) is 0 Å². The fraction of sp³-hybridized carbons (Fsp3) is 0.467. The number of thioether (sulfide) groups is 1. The number of nitrogens with zero attached hydrogens (tertiary/aromatic N) is 1. The Morgan fingerprint density at radius 1 is 1.33 bits per heavy atom. The zero-order chi connectivity index (χ0) is 15.2. The Hall–Kier alpha value is -1.56. The van der Waals surface area contributed by atoms with Crippen molar-refractivity contribution in [2.24, 2.45) is 0 Å². The lowest BCUT2D eigenvalue weighted by atomic mass is 10.0. The molecule has 0 spiro atoms. The molecule has 0 saturated carbocycles. The minimum absolute atomic E-state index is 0.161. The van der Waals surface area contributed by atoms with Gasteiger partial charge in [-0.3, -0.25) is 4.79 Å². The van der Waals surface area contributed by atoms with Gasteiger partial charge in [0.25, 0.3) is 0 Å². The molecule has 0 bridgehead atoms. The van der Waals surface area contributed by atoms with Crippen LogP contribution in [0.25, 0.3) is 0 Å². The van der Waals surface area contributed by atoms with Gasteiger partial charge in [-0.15, -0.1) is 11.8 Å². The number of amides is 1. The van der Waals surface area contributed by atoms with Crippen molar-refractivity contribution < 1.29 is 19.1 Å². The molecule has 2 rings (SSSR count). The summed E-state index contributed by atoms with van der Waals surface area (Å²) in [5, 5.41) is 9.15. The van der Waals surface area contributed by atoms with Gasteiger partial charge in [-0.25, -0.2) is 9.18 Å². The summed E-state index contributed by atoms with van der Waals surface area (Å²) < 4.78 is 13.4. The maximum atomic E-state index is 13.4. The minimum atomic E-state index is -0.940. The molecule has 1 aromatic carbocycles. The summed E-state index contributed by atoms with van der Waals surface area (Å²) in [4.78, 5) is 25.3. The predicted molar refractivity (Wildman–Crippen MR) is 78.7 cm³/mol. The number of halogens is 1. The summed E-state index contributed by atoms with van der Waals surface area (Å²) in [6.45, 7) is 0.500. The van der Waals surface area contributed by atoms with E-state index >= 15 is 0 Å². The number of hydrogen-bond donors (Lipinski definition) is 1. The van der Waals surface area contributed by atoms with Crippen molar-refractivity contribution in [2.45, 2.75) is 36.6 Å². The molecule has 0 radical (unpaired) electrons. The van der Waals surface area contributed by atoms with Gasteiger partial charge in [0.05, 0.1) is 0 Å². The van der Waals surface area contributed by atoms with Crippen LogP contribution in [0.1, 0.15) is 25.7 Å². The van der Waals surface area contributed by atoms with Crippen molar-refractivity contribution in [3.8, 4) is 0 Å². The van der Waals surface area contributed by atoms with E-state index in [-0.39, 0.29) is 18.1 Å². The number of likely N-dealkylation sites (tertiary alicyclic amines) is 1. The summed E-state index contributed by atoms with van der Waals surface area (Å²) >= 11 is 1.28. The molecule has 1 N–H and O–H groups in total. The van der Waals surface area contributed by atoms with Crippen LogP contribution < -0.4 is 0 Å². The molecule has 1 heterocycles. The van der Waals surface area contributed by atoms with Crippen LogP contribution in [0.2, 0.25) is 0 Å². The third kappa shape index (κ3) is 4.20. The van der Waals surface area contributed by atoms with Gasteiger partial charge in [0.2, 0.25) is 5.91 Å². The first-order valence-corrected chi connectivity index (χ1v) is 7.98. The van der Waals surface area contributed by atoms with E-state index in [9.17, 15) is 14.0 Å². The van der Waals surface area contributed by atoms with Crippen molar-refractivity contribution >= 4 is 23.6 Å². The molecule has 1 aromatic rings. The van der Waals surface area contributed by atoms with E-state index in [0.29, 0.717) is 23.6 Å². The number of aliphatic carboxylic acids is 1. The first-order valence-electron chi connectivity index (χ1n) is 6.99. The van der Waals surface area contributed by atoms with Gasteiger partial charge in [-0.05, 0) is 31.4 Å². The number of piperidine rings is 1. The zero-order valence-corrected chi connectivity index (χ0v) is 12.4.